The molecular formula is C12H17Cl2NO3S. The fourth-order valence-corrected chi connectivity index (χ4v) is 3.11. The van der Waals surface area contributed by atoms with Gasteiger partial charge in [0.25, 0.3) is 0 Å². The van der Waals surface area contributed by atoms with Gasteiger partial charge in [-0.1, -0.05) is 37.0 Å². The number of halogens is 2. The maximum absolute atomic E-state index is 11.3. The standard InChI is InChI=1S/C12H17Cl2NO3S/c1-7(2)6-8(3)18-9-4-5-10(19(15,16)17)12(14)11(9)13/h4-5,7-8H,6H2,1-3H3,(H2,15,16,17). The van der Waals surface area contributed by atoms with Gasteiger partial charge in [-0.2, -0.15) is 0 Å². The number of hydrogen-bond donors (Lipinski definition) is 1. The molecule has 1 atom stereocenters. The smallest absolute Gasteiger partial charge is 0.239 e. The van der Waals surface area contributed by atoms with Crippen molar-refractivity contribution in [3.05, 3.63) is 22.2 Å². The average Bonchev–Trinajstić information content (AvgIpc) is 2.21. The summed E-state index contributed by atoms with van der Waals surface area (Å²) in [6.45, 7) is 6.08. The van der Waals surface area contributed by atoms with Gasteiger partial charge in [0.1, 0.15) is 15.7 Å². The molecule has 0 aliphatic heterocycles. The highest BCUT2D eigenvalue weighted by Gasteiger charge is 2.19. The zero-order chi connectivity index (χ0) is 14.8. The molecule has 2 N–H and O–H groups in total. The van der Waals surface area contributed by atoms with Gasteiger partial charge in [-0.25, -0.2) is 13.6 Å². The van der Waals surface area contributed by atoms with E-state index in [2.05, 4.69) is 13.8 Å². The Balaban J connectivity index is 3.04. The summed E-state index contributed by atoms with van der Waals surface area (Å²) in [6, 6.07) is 2.76. The maximum atomic E-state index is 11.3. The lowest BCUT2D eigenvalue weighted by molar-refractivity contribution is 0.193. The molecule has 0 fully saturated rings. The molecule has 1 aromatic rings. The highest BCUT2D eigenvalue weighted by atomic mass is 35.5. The van der Waals surface area contributed by atoms with Crippen LogP contribution in [0.2, 0.25) is 10.0 Å². The number of ether oxygens (including phenoxy) is 1. The molecule has 0 radical (unpaired) electrons. The zero-order valence-electron chi connectivity index (χ0n) is 11.0. The van der Waals surface area contributed by atoms with E-state index in [-0.39, 0.29) is 21.0 Å². The summed E-state index contributed by atoms with van der Waals surface area (Å²) in [5, 5.41) is 4.98. The van der Waals surface area contributed by atoms with Gasteiger partial charge >= 0.3 is 0 Å². The van der Waals surface area contributed by atoms with Crippen LogP contribution < -0.4 is 9.88 Å². The number of hydrogen-bond acceptors (Lipinski definition) is 3. The van der Waals surface area contributed by atoms with Crippen LogP contribution in [0.3, 0.4) is 0 Å². The predicted octanol–water partition coefficient (Wildman–Crippen LogP) is 3.45. The second-order valence-corrected chi connectivity index (χ2v) is 7.08. The number of rotatable bonds is 5. The van der Waals surface area contributed by atoms with Crippen molar-refractivity contribution in [2.24, 2.45) is 11.1 Å². The Morgan fingerprint density at radius 1 is 1.21 bits per heavy atom. The van der Waals surface area contributed by atoms with Crippen LogP contribution in [0.15, 0.2) is 17.0 Å². The summed E-state index contributed by atoms with van der Waals surface area (Å²) in [5.74, 6) is 0.833. The van der Waals surface area contributed by atoms with Crippen molar-refractivity contribution in [3.63, 3.8) is 0 Å². The monoisotopic (exact) mass is 325 g/mol. The topological polar surface area (TPSA) is 69.4 Å². The second kappa shape index (κ2) is 6.31. The Morgan fingerprint density at radius 2 is 1.79 bits per heavy atom. The summed E-state index contributed by atoms with van der Waals surface area (Å²) in [5.41, 5.74) is 0. The lowest BCUT2D eigenvalue weighted by Crippen LogP contribution is -2.16. The summed E-state index contributed by atoms with van der Waals surface area (Å²) in [7, 11) is -3.89. The van der Waals surface area contributed by atoms with Gasteiger partial charge in [0, 0.05) is 0 Å². The highest BCUT2D eigenvalue weighted by molar-refractivity contribution is 7.89. The van der Waals surface area contributed by atoms with Gasteiger partial charge in [-0.05, 0) is 31.4 Å². The molecule has 0 aromatic heterocycles. The number of benzene rings is 1. The lowest BCUT2D eigenvalue weighted by Gasteiger charge is -2.18. The minimum Gasteiger partial charge on any atom is -0.489 e. The number of nitrogens with two attached hydrogens (primary N) is 1. The summed E-state index contributed by atoms with van der Waals surface area (Å²) < 4.78 is 28.2. The highest BCUT2D eigenvalue weighted by Crippen LogP contribution is 2.37. The van der Waals surface area contributed by atoms with E-state index in [0.717, 1.165) is 6.42 Å². The molecule has 19 heavy (non-hydrogen) atoms. The molecule has 0 saturated heterocycles. The van der Waals surface area contributed by atoms with Crippen molar-refractivity contribution in [1.29, 1.82) is 0 Å². The third-order valence-electron chi connectivity index (χ3n) is 2.45. The molecule has 0 spiro atoms. The molecule has 4 nitrogen and oxygen atoms in total. The van der Waals surface area contributed by atoms with Crippen LogP contribution in [-0.2, 0) is 10.0 Å². The Hall–Kier alpha value is -0.490. The summed E-state index contributed by atoms with van der Waals surface area (Å²) in [4.78, 5) is -0.206. The molecule has 108 valence electrons. The molecule has 0 amide bonds. The van der Waals surface area contributed by atoms with Crippen LogP contribution in [-0.4, -0.2) is 14.5 Å². The summed E-state index contributed by atoms with van der Waals surface area (Å²) in [6.07, 6.45) is 0.805. The van der Waals surface area contributed by atoms with E-state index >= 15 is 0 Å². The van der Waals surface area contributed by atoms with E-state index in [1.807, 2.05) is 6.92 Å². The van der Waals surface area contributed by atoms with Crippen molar-refractivity contribution in [1.82, 2.24) is 0 Å². The molecule has 0 saturated carbocycles. The van der Waals surface area contributed by atoms with Crippen molar-refractivity contribution in [3.8, 4) is 5.75 Å². The first-order valence-electron chi connectivity index (χ1n) is 5.80. The van der Waals surface area contributed by atoms with Gasteiger partial charge in [0.05, 0.1) is 11.1 Å². The first kappa shape index (κ1) is 16.6. The molecule has 1 unspecified atom stereocenters. The van der Waals surface area contributed by atoms with E-state index in [4.69, 9.17) is 33.1 Å². The Kier molecular flexibility index (Phi) is 5.50. The average molecular weight is 326 g/mol. The van der Waals surface area contributed by atoms with E-state index < -0.39 is 10.0 Å². The number of primary sulfonamides is 1. The van der Waals surface area contributed by atoms with Gasteiger partial charge in [-0.3, -0.25) is 0 Å². The molecule has 0 aliphatic carbocycles. The van der Waals surface area contributed by atoms with Crippen molar-refractivity contribution < 1.29 is 13.2 Å². The van der Waals surface area contributed by atoms with Gasteiger partial charge in [0.15, 0.2) is 0 Å². The third kappa shape index (κ3) is 4.53. The van der Waals surface area contributed by atoms with Crippen LogP contribution in [0.5, 0.6) is 5.75 Å². The van der Waals surface area contributed by atoms with Gasteiger partial charge in [-0.15, -0.1) is 0 Å². The van der Waals surface area contributed by atoms with Gasteiger partial charge < -0.3 is 4.74 Å². The third-order valence-corrected chi connectivity index (χ3v) is 4.38. The molecule has 0 bridgehead atoms. The van der Waals surface area contributed by atoms with Crippen molar-refractivity contribution in [2.45, 2.75) is 38.2 Å². The van der Waals surface area contributed by atoms with Crippen LogP contribution in [0.4, 0.5) is 0 Å². The first-order chi connectivity index (χ1) is 8.62. The first-order valence-corrected chi connectivity index (χ1v) is 8.10. The maximum Gasteiger partial charge on any atom is 0.239 e. The second-order valence-electron chi connectivity index (χ2n) is 4.79. The molecule has 0 aliphatic rings. The van der Waals surface area contributed by atoms with E-state index in [0.29, 0.717) is 11.7 Å². The molecule has 7 heteroatoms. The van der Waals surface area contributed by atoms with E-state index in [9.17, 15) is 8.42 Å². The lowest BCUT2D eigenvalue weighted by atomic mass is 10.1. The largest absolute Gasteiger partial charge is 0.489 e. The predicted molar refractivity (Wildman–Crippen MR) is 77.4 cm³/mol. The SMILES string of the molecule is CC(C)CC(C)Oc1ccc(S(N)(=O)=O)c(Cl)c1Cl. The van der Waals surface area contributed by atoms with Crippen LogP contribution in [0.1, 0.15) is 27.2 Å². The van der Waals surface area contributed by atoms with Crippen LogP contribution >= 0.6 is 23.2 Å². The van der Waals surface area contributed by atoms with Crippen LogP contribution in [0.25, 0.3) is 0 Å². The van der Waals surface area contributed by atoms with E-state index in [1.165, 1.54) is 12.1 Å². The quantitative estimate of drug-likeness (QED) is 0.901. The van der Waals surface area contributed by atoms with Crippen molar-refractivity contribution in [2.75, 3.05) is 0 Å². The molecular weight excluding hydrogens is 309 g/mol. The normalized spacial score (nSPS) is 13.6. The minimum atomic E-state index is -3.89. The number of sulfonamides is 1. The van der Waals surface area contributed by atoms with Crippen molar-refractivity contribution >= 4 is 33.2 Å². The molecule has 1 rings (SSSR count). The van der Waals surface area contributed by atoms with E-state index in [1.54, 1.807) is 0 Å². The zero-order valence-corrected chi connectivity index (χ0v) is 13.3. The molecule has 0 heterocycles. The minimum absolute atomic E-state index is 0.0473. The molecule has 1 aromatic carbocycles. The Bertz CT molecular complexity index is 558. The fraction of sp³-hybridized carbons (Fsp3) is 0.500. The Labute approximate surface area is 123 Å². The fourth-order valence-electron chi connectivity index (χ4n) is 1.75. The summed E-state index contributed by atoms with van der Waals surface area (Å²) >= 11 is 11.9. The Morgan fingerprint density at radius 3 is 2.26 bits per heavy atom. The van der Waals surface area contributed by atoms with Gasteiger partial charge in [0.2, 0.25) is 10.0 Å². The van der Waals surface area contributed by atoms with Crippen LogP contribution in [0, 0.1) is 5.92 Å².